The number of carbonyl (C=O) groups is 2. The number of carbonyl (C=O) groups excluding carboxylic acids is 2. The molecule has 2 aromatic carbocycles. The molecule has 1 fully saturated rings. The quantitative estimate of drug-likeness (QED) is 0.282. The van der Waals surface area contributed by atoms with Crippen molar-refractivity contribution in [1.29, 1.82) is 0 Å². The Balaban J connectivity index is 1.16. The Morgan fingerprint density at radius 2 is 2.02 bits per heavy atom. The third kappa shape index (κ3) is 7.85. The van der Waals surface area contributed by atoms with Crippen LogP contribution in [0.15, 0.2) is 65.2 Å². The lowest BCUT2D eigenvalue weighted by molar-refractivity contribution is -0.0382. The number of fused-ring (bicyclic) bond motifs is 5. The Morgan fingerprint density at radius 1 is 1.15 bits per heavy atom. The van der Waals surface area contributed by atoms with E-state index in [1.165, 1.54) is 11.1 Å². The third-order valence-electron chi connectivity index (χ3n) is 12.2. The van der Waals surface area contributed by atoms with Gasteiger partial charge in [-0.3, -0.25) is 14.3 Å². The summed E-state index contributed by atoms with van der Waals surface area (Å²) in [7, 11) is -0.177. The molecule has 5 aliphatic rings. The number of allylic oxidation sites excluding steroid dienone is 1. The van der Waals surface area contributed by atoms with Crippen LogP contribution < -0.4 is 14.4 Å². The van der Waals surface area contributed by atoms with Gasteiger partial charge in [-0.2, -0.15) is 0 Å². The monoisotopic (exact) mass is 790 g/mol. The number of nitrogens with zero attached hydrogens (tertiary/aromatic N) is 3. The van der Waals surface area contributed by atoms with Gasteiger partial charge >= 0.3 is 0 Å². The highest BCUT2D eigenvalue weighted by atomic mass is 35.5. The molecule has 3 aromatic rings. The molecule has 0 radical (unpaired) electrons. The van der Waals surface area contributed by atoms with Gasteiger partial charge in [0.05, 0.1) is 55.6 Å². The molecule has 1 spiro atoms. The average molecular weight is 791 g/mol. The van der Waals surface area contributed by atoms with Crippen molar-refractivity contribution in [3.8, 4) is 5.75 Å². The lowest BCUT2D eigenvalue weighted by Crippen LogP contribution is -2.49. The zero-order valence-electron chi connectivity index (χ0n) is 31.8. The van der Waals surface area contributed by atoms with Crippen LogP contribution in [-0.2, 0) is 49.1 Å². The second-order valence-electron chi connectivity index (χ2n) is 16.2. The van der Waals surface area contributed by atoms with Crippen molar-refractivity contribution in [3.63, 3.8) is 0 Å². The van der Waals surface area contributed by atoms with E-state index in [1.807, 2.05) is 29.7 Å². The zero-order chi connectivity index (χ0) is 38.3. The number of halogens is 1. The largest absolute Gasteiger partial charge is 0.490 e. The van der Waals surface area contributed by atoms with E-state index < -0.39 is 21.7 Å². The van der Waals surface area contributed by atoms with E-state index in [-0.39, 0.29) is 29.3 Å². The number of ether oxygens (including phenoxy) is 4. The van der Waals surface area contributed by atoms with Gasteiger partial charge in [-0.1, -0.05) is 36.7 Å². The van der Waals surface area contributed by atoms with Gasteiger partial charge in [-0.25, -0.2) is 4.21 Å². The number of anilines is 1. The highest BCUT2D eigenvalue weighted by Gasteiger charge is 2.44. The van der Waals surface area contributed by atoms with Crippen LogP contribution in [-0.4, -0.2) is 79.1 Å². The molecule has 55 heavy (non-hydrogen) atoms. The molecule has 2 amide bonds. The summed E-state index contributed by atoms with van der Waals surface area (Å²) in [5, 5.41) is 0.738. The van der Waals surface area contributed by atoms with Crippen LogP contribution in [0.4, 0.5) is 5.69 Å². The minimum Gasteiger partial charge on any atom is -0.490 e. The van der Waals surface area contributed by atoms with Crippen LogP contribution in [0.2, 0.25) is 5.02 Å². The summed E-state index contributed by atoms with van der Waals surface area (Å²) >= 11 is 6.48. The lowest BCUT2D eigenvalue weighted by atomic mass is 9.68. The molecule has 1 N–H and O–H groups in total. The fourth-order valence-electron chi connectivity index (χ4n) is 9.30. The average Bonchev–Trinajstić information content (AvgIpc) is 3.51. The van der Waals surface area contributed by atoms with Crippen molar-refractivity contribution in [2.24, 2.45) is 22.1 Å². The second kappa shape index (κ2) is 15.7. The summed E-state index contributed by atoms with van der Waals surface area (Å²) in [5.41, 5.74) is 4.54. The number of hydrogen-bond donors (Lipinski definition) is 1. The first-order chi connectivity index (χ1) is 26.5. The van der Waals surface area contributed by atoms with Crippen molar-refractivity contribution in [2.75, 3.05) is 51.2 Å². The summed E-state index contributed by atoms with van der Waals surface area (Å²) in [4.78, 5) is 30.3. The first kappa shape index (κ1) is 38.2. The first-order valence-electron chi connectivity index (χ1n) is 19.5. The third-order valence-corrected chi connectivity index (χ3v) is 14.5. The fourth-order valence-corrected chi connectivity index (χ4v) is 11.4. The van der Waals surface area contributed by atoms with E-state index in [1.54, 1.807) is 32.5 Å². The number of amides is 2. The molecule has 2 aliphatic carbocycles. The predicted octanol–water partition coefficient (Wildman–Crippen LogP) is 6.75. The van der Waals surface area contributed by atoms with Crippen LogP contribution in [0.25, 0.3) is 0 Å². The standard InChI is InChI=1S/C42H51ClN4O7S/c1-27-6-4-8-38(52-3)35-12-9-30(35)19-47-25-42(15-5-7-28-16-32(43)11-13-36(28)42)26-54-39-14-10-29(18-37(39)47)40(48)44-55(50,24-27)45-41(49)31-17-33-22-53-34(23-51-2)21-46(33)20-31/h4,8,10-11,13-14,16-18,20,27,30,34-35,38H,5-7,9,12,15,19,21-26H2,1-3H3,(H,44,45,48,49,50)/b8-4-/t27-,30-,34+,35+,38-,42-,55?/m0/s1. The maximum atomic E-state index is 14.8. The number of aryl methyl sites for hydroxylation is 1. The van der Waals surface area contributed by atoms with Gasteiger partial charge in [-0.15, -0.1) is 4.36 Å². The molecule has 7 atom stereocenters. The molecular weight excluding hydrogens is 740 g/mol. The Hall–Kier alpha value is -3.68. The van der Waals surface area contributed by atoms with Crippen LogP contribution in [0, 0.1) is 17.8 Å². The first-order valence-corrected chi connectivity index (χ1v) is 21.5. The summed E-state index contributed by atoms with van der Waals surface area (Å²) < 4.78 is 47.6. The molecule has 4 heterocycles. The Labute approximate surface area is 329 Å². The molecule has 1 saturated carbocycles. The van der Waals surface area contributed by atoms with Gasteiger partial charge in [0, 0.05) is 55.2 Å². The molecular formula is C42H51ClN4O7S. The van der Waals surface area contributed by atoms with E-state index >= 15 is 0 Å². The van der Waals surface area contributed by atoms with Crippen molar-refractivity contribution >= 4 is 39.0 Å². The molecule has 3 aliphatic heterocycles. The Kier molecular flexibility index (Phi) is 10.9. The number of methoxy groups -OCH3 is 2. The molecule has 13 heteroatoms. The van der Waals surface area contributed by atoms with Gasteiger partial charge in [0.2, 0.25) is 0 Å². The van der Waals surface area contributed by atoms with Crippen molar-refractivity contribution in [1.82, 2.24) is 9.29 Å². The van der Waals surface area contributed by atoms with Crippen LogP contribution in [0.1, 0.15) is 76.6 Å². The van der Waals surface area contributed by atoms with Crippen molar-refractivity contribution in [3.05, 3.63) is 93.8 Å². The minimum absolute atomic E-state index is 0.00274. The number of aromatic nitrogens is 1. The van der Waals surface area contributed by atoms with E-state index in [4.69, 9.17) is 30.5 Å². The maximum Gasteiger partial charge on any atom is 0.286 e. The number of hydrogen-bond acceptors (Lipinski definition) is 8. The topological polar surface area (TPSA) is 121 Å². The zero-order valence-corrected chi connectivity index (χ0v) is 33.4. The highest BCUT2D eigenvalue weighted by molar-refractivity contribution is 7.92. The number of rotatable bonds is 5. The lowest BCUT2D eigenvalue weighted by Gasteiger charge is -2.46. The minimum atomic E-state index is -3.57. The highest BCUT2D eigenvalue weighted by Crippen LogP contribution is 2.47. The van der Waals surface area contributed by atoms with Crippen LogP contribution >= 0.6 is 11.6 Å². The van der Waals surface area contributed by atoms with E-state index in [2.05, 4.69) is 38.3 Å². The van der Waals surface area contributed by atoms with Crippen molar-refractivity contribution < 1.29 is 32.7 Å². The molecule has 0 saturated heterocycles. The second-order valence-corrected chi connectivity index (χ2v) is 18.6. The molecule has 2 bridgehead atoms. The molecule has 1 aromatic heterocycles. The van der Waals surface area contributed by atoms with Gasteiger partial charge < -0.3 is 28.4 Å². The molecule has 8 rings (SSSR count). The van der Waals surface area contributed by atoms with Gasteiger partial charge in [0.1, 0.15) is 15.7 Å². The normalized spacial score (nSPS) is 31.1. The van der Waals surface area contributed by atoms with E-state index in [9.17, 15) is 13.8 Å². The smallest absolute Gasteiger partial charge is 0.286 e. The predicted molar refractivity (Wildman–Crippen MR) is 212 cm³/mol. The maximum absolute atomic E-state index is 14.8. The Bertz CT molecular complexity index is 2110. The number of benzene rings is 2. The van der Waals surface area contributed by atoms with E-state index in [0.29, 0.717) is 68.0 Å². The summed E-state index contributed by atoms with van der Waals surface area (Å²) in [5.74, 6) is 0.0503. The molecule has 1 unspecified atom stereocenters. The fraction of sp³-hybridized carbons (Fsp3) is 0.524. The van der Waals surface area contributed by atoms with Gasteiger partial charge in [0.25, 0.3) is 11.8 Å². The molecule has 11 nitrogen and oxygen atoms in total. The van der Waals surface area contributed by atoms with Gasteiger partial charge in [0.15, 0.2) is 0 Å². The summed E-state index contributed by atoms with van der Waals surface area (Å²) in [6, 6.07) is 13.3. The van der Waals surface area contributed by atoms with Crippen LogP contribution in [0.5, 0.6) is 5.75 Å². The summed E-state index contributed by atoms with van der Waals surface area (Å²) in [6.45, 7) is 5.24. The number of nitrogens with one attached hydrogen (secondary N) is 1. The van der Waals surface area contributed by atoms with E-state index in [0.717, 1.165) is 55.1 Å². The molecule has 294 valence electrons. The summed E-state index contributed by atoms with van der Waals surface area (Å²) in [6.07, 6.45) is 11.4. The van der Waals surface area contributed by atoms with Crippen LogP contribution in [0.3, 0.4) is 0 Å². The SMILES string of the molecule is COC[C@H]1Cn2cc(C(=O)NS3(=O)=NC(=O)c4ccc5c(c4)N(C[C@@H]4CC[C@H]4[C@@H](OC)/C=C\C[C@H](C)C3)C[C@@]3(CCCc4cc(Cl)ccc43)CO5)cc2CO1. The van der Waals surface area contributed by atoms with Gasteiger partial charge in [-0.05, 0) is 104 Å². The van der Waals surface area contributed by atoms with Crippen molar-refractivity contribution in [2.45, 2.75) is 76.2 Å². The Morgan fingerprint density at radius 3 is 2.82 bits per heavy atom.